The highest BCUT2D eigenvalue weighted by molar-refractivity contribution is 6.20. The number of aromatic nitrogens is 3. The van der Waals surface area contributed by atoms with Crippen LogP contribution in [0.15, 0.2) is 95.0 Å². The molecule has 10 nitrogen and oxygen atoms in total. The molecule has 3 amide bonds. The van der Waals surface area contributed by atoms with Gasteiger partial charge >= 0.3 is 17.9 Å². The normalized spacial score (nSPS) is 17.6. The highest BCUT2D eigenvalue weighted by Gasteiger charge is 2.40. The Morgan fingerprint density at radius 1 is 0.955 bits per heavy atom. The van der Waals surface area contributed by atoms with Crippen LogP contribution in [0.3, 0.4) is 0 Å². The van der Waals surface area contributed by atoms with Gasteiger partial charge in [0, 0.05) is 42.7 Å². The van der Waals surface area contributed by atoms with Gasteiger partial charge in [0.2, 0.25) is 6.17 Å². The van der Waals surface area contributed by atoms with Gasteiger partial charge in [-0.1, -0.05) is 54.6 Å². The number of amides is 3. The van der Waals surface area contributed by atoms with Gasteiger partial charge in [-0.15, -0.1) is 0 Å². The minimum absolute atomic E-state index is 0.0528. The molecule has 0 unspecified atom stereocenters. The number of likely N-dealkylation sites (tertiary alicyclic amines) is 1. The summed E-state index contributed by atoms with van der Waals surface area (Å²) in [7, 11) is 0. The van der Waals surface area contributed by atoms with Gasteiger partial charge in [0.25, 0.3) is 5.91 Å². The van der Waals surface area contributed by atoms with E-state index in [4.69, 9.17) is 0 Å². The number of pyridine rings is 1. The number of piperidine rings is 1. The highest BCUT2D eigenvalue weighted by Crippen LogP contribution is 2.31. The maximum atomic E-state index is 13.7. The number of halogens is 3. The number of H-pyrrole nitrogens is 1. The number of fused-ring (bicyclic) bond motifs is 1. The smallest absolute Gasteiger partial charge is 0.325 e. The number of urea groups is 1. The molecule has 0 bridgehead atoms. The first kappa shape index (κ1) is 28.9. The SMILES string of the molecule is O=C(N[C@@H]1N=C(c2ccccc2)c2ccccc2N(CC(F)(F)F)C1=O)N1CCC(n2cc(-c3ccccn3)[nH]c2=O)CC1. The van der Waals surface area contributed by atoms with E-state index in [0.717, 1.165) is 0 Å². The van der Waals surface area contributed by atoms with Crippen molar-refractivity contribution in [3.63, 3.8) is 0 Å². The third kappa shape index (κ3) is 5.98. The van der Waals surface area contributed by atoms with E-state index in [1.165, 1.54) is 11.0 Å². The summed E-state index contributed by atoms with van der Waals surface area (Å²) in [6.07, 6.45) is -2.04. The number of rotatable bonds is 5. The van der Waals surface area contributed by atoms with Crippen molar-refractivity contribution in [3.05, 3.63) is 107 Å². The first-order valence-electron chi connectivity index (χ1n) is 14.1. The Morgan fingerprint density at radius 2 is 1.66 bits per heavy atom. The molecule has 226 valence electrons. The van der Waals surface area contributed by atoms with E-state index < -0.39 is 30.8 Å². The first-order valence-corrected chi connectivity index (χ1v) is 14.1. The molecule has 0 aliphatic carbocycles. The third-order valence-electron chi connectivity index (χ3n) is 7.68. The highest BCUT2D eigenvalue weighted by atomic mass is 19.4. The maximum Gasteiger partial charge on any atom is 0.406 e. The van der Waals surface area contributed by atoms with Crippen LogP contribution in [0.5, 0.6) is 0 Å². The van der Waals surface area contributed by atoms with Crippen molar-refractivity contribution in [1.82, 2.24) is 24.8 Å². The fourth-order valence-electron chi connectivity index (χ4n) is 5.58. The van der Waals surface area contributed by atoms with Crippen LogP contribution >= 0.6 is 0 Å². The molecular weight excluding hydrogens is 575 g/mol. The second-order valence-electron chi connectivity index (χ2n) is 10.6. The van der Waals surface area contributed by atoms with Gasteiger partial charge in [0.15, 0.2) is 0 Å². The molecule has 1 fully saturated rings. The summed E-state index contributed by atoms with van der Waals surface area (Å²) in [5, 5.41) is 2.58. The Kier molecular flexibility index (Phi) is 7.77. The summed E-state index contributed by atoms with van der Waals surface area (Å²) >= 11 is 0. The molecule has 4 aromatic rings. The second-order valence-corrected chi connectivity index (χ2v) is 10.6. The van der Waals surface area contributed by atoms with Crippen LogP contribution in [0.4, 0.5) is 23.7 Å². The second kappa shape index (κ2) is 11.8. The van der Waals surface area contributed by atoms with Crippen LogP contribution in [0, 0.1) is 0 Å². The molecular formula is C31H28F3N7O3. The number of imidazole rings is 1. The van der Waals surface area contributed by atoms with E-state index in [1.807, 2.05) is 6.07 Å². The van der Waals surface area contributed by atoms with Gasteiger partial charge in [-0.05, 0) is 31.0 Å². The minimum Gasteiger partial charge on any atom is -0.325 e. The lowest BCUT2D eigenvalue weighted by Gasteiger charge is -2.33. The Balaban J connectivity index is 1.22. The number of benzene rings is 2. The van der Waals surface area contributed by atoms with E-state index in [0.29, 0.717) is 46.0 Å². The Labute approximate surface area is 249 Å². The number of hydrogen-bond donors (Lipinski definition) is 2. The lowest BCUT2D eigenvalue weighted by atomic mass is 10.0. The van der Waals surface area contributed by atoms with Gasteiger partial charge in [-0.2, -0.15) is 13.2 Å². The summed E-state index contributed by atoms with van der Waals surface area (Å²) in [5.41, 5.74) is 2.20. The summed E-state index contributed by atoms with van der Waals surface area (Å²) in [4.78, 5) is 53.4. The summed E-state index contributed by atoms with van der Waals surface area (Å²) < 4.78 is 42.7. The fourth-order valence-corrected chi connectivity index (χ4v) is 5.58. The molecule has 1 atom stereocenters. The van der Waals surface area contributed by atoms with Gasteiger partial charge in [0.1, 0.15) is 6.54 Å². The zero-order valence-electron chi connectivity index (χ0n) is 23.4. The van der Waals surface area contributed by atoms with Crippen molar-refractivity contribution < 1.29 is 22.8 Å². The molecule has 4 heterocycles. The molecule has 2 aliphatic rings. The number of aliphatic imine (C=N–C) groups is 1. The molecule has 44 heavy (non-hydrogen) atoms. The number of benzodiazepines with no additional fused rings is 1. The number of aromatic amines is 1. The van der Waals surface area contributed by atoms with Gasteiger partial charge in [-0.25, -0.2) is 14.6 Å². The van der Waals surface area contributed by atoms with E-state index in [9.17, 15) is 27.6 Å². The predicted molar refractivity (Wildman–Crippen MR) is 157 cm³/mol. The topological polar surface area (TPSA) is 116 Å². The van der Waals surface area contributed by atoms with Crippen molar-refractivity contribution in [1.29, 1.82) is 0 Å². The number of hydrogen-bond acceptors (Lipinski definition) is 5. The number of nitrogens with one attached hydrogen (secondary N) is 2. The fraction of sp³-hybridized carbons (Fsp3) is 0.258. The zero-order valence-corrected chi connectivity index (χ0v) is 23.4. The quantitative estimate of drug-likeness (QED) is 0.353. The van der Waals surface area contributed by atoms with Crippen LogP contribution in [0.2, 0.25) is 0 Å². The van der Waals surface area contributed by atoms with Crippen molar-refractivity contribution in [2.24, 2.45) is 4.99 Å². The van der Waals surface area contributed by atoms with Crippen molar-refractivity contribution in [2.75, 3.05) is 24.5 Å². The minimum atomic E-state index is -4.69. The number of nitrogens with zero attached hydrogens (tertiary/aromatic N) is 5. The molecule has 13 heteroatoms. The molecule has 0 radical (unpaired) electrons. The maximum absolute atomic E-state index is 13.7. The summed E-state index contributed by atoms with van der Waals surface area (Å²) in [5.74, 6) is -0.995. The summed E-state index contributed by atoms with van der Waals surface area (Å²) in [6, 6.07) is 19.6. The van der Waals surface area contributed by atoms with E-state index in [-0.39, 0.29) is 30.5 Å². The Bertz CT molecular complexity index is 1740. The average Bonchev–Trinajstić information content (AvgIpc) is 3.39. The van der Waals surface area contributed by atoms with Gasteiger partial charge < -0.3 is 15.2 Å². The van der Waals surface area contributed by atoms with Crippen LogP contribution in [-0.2, 0) is 4.79 Å². The van der Waals surface area contributed by atoms with Crippen LogP contribution in [0.1, 0.15) is 30.0 Å². The number of alkyl halides is 3. The molecule has 2 aromatic carbocycles. The van der Waals surface area contributed by atoms with E-state index in [1.54, 1.807) is 77.6 Å². The number of para-hydroxylation sites is 1. The first-order chi connectivity index (χ1) is 21.2. The lowest BCUT2D eigenvalue weighted by Crippen LogP contribution is -2.54. The average molecular weight is 604 g/mol. The zero-order chi connectivity index (χ0) is 30.8. The molecule has 0 spiro atoms. The van der Waals surface area contributed by atoms with Crippen LogP contribution in [-0.4, -0.2) is 69.1 Å². The molecule has 2 aliphatic heterocycles. The van der Waals surface area contributed by atoms with Crippen LogP contribution in [0.25, 0.3) is 11.4 Å². The molecule has 2 N–H and O–H groups in total. The largest absolute Gasteiger partial charge is 0.406 e. The Hall–Kier alpha value is -5.20. The third-order valence-corrected chi connectivity index (χ3v) is 7.68. The van der Waals surface area contributed by atoms with Gasteiger partial charge in [0.05, 0.1) is 22.8 Å². The van der Waals surface area contributed by atoms with Crippen molar-refractivity contribution >= 4 is 23.3 Å². The molecule has 2 aromatic heterocycles. The van der Waals surface area contributed by atoms with Crippen molar-refractivity contribution in [3.8, 4) is 11.4 Å². The van der Waals surface area contributed by atoms with Crippen molar-refractivity contribution in [2.45, 2.75) is 31.2 Å². The van der Waals surface area contributed by atoms with E-state index >= 15 is 0 Å². The van der Waals surface area contributed by atoms with E-state index in [2.05, 4.69) is 20.3 Å². The standard InChI is InChI=1S/C31H28F3N7O3/c32-31(33,34)19-41-25-12-5-4-10-22(25)26(20-8-2-1-3-9-20)37-27(28(41)42)38-29(43)39-16-13-21(14-17-39)40-18-24(36-30(40)44)23-11-6-7-15-35-23/h1-12,15,18,21,27H,13-14,16-17,19H2,(H,36,44)(H,38,43)/t27-/m0/s1. The predicted octanol–water partition coefficient (Wildman–Crippen LogP) is 4.36. The van der Waals surface area contributed by atoms with Gasteiger partial charge in [-0.3, -0.25) is 19.2 Å². The summed E-state index contributed by atoms with van der Waals surface area (Å²) in [6.45, 7) is -1.02. The number of anilines is 1. The Morgan fingerprint density at radius 3 is 2.36 bits per heavy atom. The number of carbonyl (C=O) groups is 2. The molecule has 1 saturated heterocycles. The monoisotopic (exact) mass is 603 g/mol. The molecule has 6 rings (SSSR count). The van der Waals surface area contributed by atoms with Crippen LogP contribution < -0.4 is 15.9 Å². The lowest BCUT2D eigenvalue weighted by molar-refractivity contribution is -0.133. The molecule has 0 saturated carbocycles. The number of carbonyl (C=O) groups excluding carboxylic acids is 2.